The maximum atomic E-state index is 11.2. The summed E-state index contributed by atoms with van der Waals surface area (Å²) in [5, 5.41) is 10.5. The van der Waals surface area contributed by atoms with Gasteiger partial charge in [0.05, 0.1) is 11.6 Å². The summed E-state index contributed by atoms with van der Waals surface area (Å²) in [6.07, 6.45) is 0.586. The lowest BCUT2D eigenvalue weighted by molar-refractivity contribution is 0.0699. The minimum absolute atomic E-state index is 0.104. The number of hydrogen-bond acceptors (Lipinski definition) is 5. The van der Waals surface area contributed by atoms with Gasteiger partial charge in [-0.25, -0.2) is 9.78 Å². The Bertz CT molecular complexity index is 612. The molecule has 0 aliphatic carbocycles. The predicted octanol–water partition coefficient (Wildman–Crippen LogP) is 3.26. The van der Waals surface area contributed by atoms with Crippen molar-refractivity contribution in [2.45, 2.75) is 13.0 Å². The van der Waals surface area contributed by atoms with E-state index in [-0.39, 0.29) is 11.5 Å². The Kier molecular flexibility index (Phi) is 5.55. The SMILES string of the molecule is COCCc1nc(COc2ccc(Cl)cc2)c(C(=O)O)s1. The molecule has 7 heteroatoms. The zero-order chi connectivity index (χ0) is 15.2. The first-order chi connectivity index (χ1) is 10.1. The smallest absolute Gasteiger partial charge is 0.347 e. The summed E-state index contributed by atoms with van der Waals surface area (Å²) in [5.41, 5.74) is 0.425. The van der Waals surface area contributed by atoms with Crippen molar-refractivity contribution in [3.8, 4) is 5.75 Å². The van der Waals surface area contributed by atoms with Crippen LogP contribution in [0.15, 0.2) is 24.3 Å². The van der Waals surface area contributed by atoms with Gasteiger partial charge in [-0.05, 0) is 24.3 Å². The molecule has 0 amide bonds. The number of hydrogen-bond donors (Lipinski definition) is 1. The molecule has 0 saturated heterocycles. The molecule has 2 rings (SSSR count). The molecule has 21 heavy (non-hydrogen) atoms. The Morgan fingerprint density at radius 3 is 2.71 bits per heavy atom. The average molecular weight is 328 g/mol. The Morgan fingerprint density at radius 1 is 1.38 bits per heavy atom. The zero-order valence-corrected chi connectivity index (χ0v) is 12.9. The molecule has 5 nitrogen and oxygen atoms in total. The molecule has 0 fully saturated rings. The van der Waals surface area contributed by atoms with E-state index in [1.807, 2.05) is 0 Å². The molecule has 112 valence electrons. The van der Waals surface area contributed by atoms with E-state index in [9.17, 15) is 9.90 Å². The molecule has 0 aliphatic rings. The summed E-state index contributed by atoms with van der Waals surface area (Å²) in [6.45, 7) is 0.608. The van der Waals surface area contributed by atoms with Gasteiger partial charge >= 0.3 is 5.97 Å². The first-order valence-electron chi connectivity index (χ1n) is 6.19. The van der Waals surface area contributed by atoms with Crippen molar-refractivity contribution in [1.82, 2.24) is 4.98 Å². The van der Waals surface area contributed by atoms with E-state index in [0.29, 0.717) is 29.5 Å². The van der Waals surface area contributed by atoms with Gasteiger partial charge in [0.15, 0.2) is 0 Å². The maximum Gasteiger partial charge on any atom is 0.347 e. The summed E-state index contributed by atoms with van der Waals surface area (Å²) in [4.78, 5) is 15.7. The summed E-state index contributed by atoms with van der Waals surface area (Å²) in [5.74, 6) is -0.381. The van der Waals surface area contributed by atoms with Crippen LogP contribution in [-0.4, -0.2) is 29.8 Å². The number of thiazole rings is 1. The van der Waals surface area contributed by atoms with E-state index in [1.165, 1.54) is 0 Å². The van der Waals surface area contributed by atoms with Crippen LogP contribution in [0.5, 0.6) is 5.75 Å². The molecule has 1 heterocycles. The number of carboxylic acids is 1. The highest BCUT2D eigenvalue weighted by atomic mass is 35.5. The molecule has 0 bridgehead atoms. The summed E-state index contributed by atoms with van der Waals surface area (Å²) < 4.78 is 10.5. The highest BCUT2D eigenvalue weighted by molar-refractivity contribution is 7.13. The fourth-order valence-electron chi connectivity index (χ4n) is 1.64. The summed E-state index contributed by atoms with van der Waals surface area (Å²) in [7, 11) is 1.59. The van der Waals surface area contributed by atoms with Gasteiger partial charge in [-0.2, -0.15) is 0 Å². The predicted molar refractivity (Wildman–Crippen MR) is 80.4 cm³/mol. The van der Waals surface area contributed by atoms with E-state index >= 15 is 0 Å². The Labute approximate surface area is 131 Å². The van der Waals surface area contributed by atoms with Crippen molar-refractivity contribution < 1.29 is 19.4 Å². The molecule has 2 aromatic rings. The summed E-state index contributed by atoms with van der Waals surface area (Å²) >= 11 is 6.95. The average Bonchev–Trinajstić information content (AvgIpc) is 2.88. The van der Waals surface area contributed by atoms with Crippen molar-refractivity contribution in [1.29, 1.82) is 0 Å². The van der Waals surface area contributed by atoms with Crippen LogP contribution in [0.2, 0.25) is 5.02 Å². The number of nitrogens with zero attached hydrogens (tertiary/aromatic N) is 1. The second-order valence-corrected chi connectivity index (χ2v) is 5.69. The zero-order valence-electron chi connectivity index (χ0n) is 11.3. The lowest BCUT2D eigenvalue weighted by Crippen LogP contribution is -2.03. The molecule has 0 spiro atoms. The van der Waals surface area contributed by atoms with Crippen LogP contribution in [0.25, 0.3) is 0 Å². The Hall–Kier alpha value is -1.63. The number of halogens is 1. The first kappa shape index (κ1) is 15.8. The van der Waals surface area contributed by atoms with Gasteiger partial charge in [0.25, 0.3) is 0 Å². The van der Waals surface area contributed by atoms with Crippen molar-refractivity contribution in [3.05, 3.63) is 44.9 Å². The molecule has 0 saturated carbocycles. The lowest BCUT2D eigenvalue weighted by Gasteiger charge is -2.04. The van der Waals surface area contributed by atoms with Crippen molar-refractivity contribution in [3.63, 3.8) is 0 Å². The molecule has 1 N–H and O–H groups in total. The lowest BCUT2D eigenvalue weighted by atomic mass is 10.3. The molecule has 0 atom stereocenters. The minimum Gasteiger partial charge on any atom is -0.487 e. The number of aromatic nitrogens is 1. The molecule has 1 aromatic carbocycles. The number of benzene rings is 1. The van der Waals surface area contributed by atoms with Gasteiger partial charge < -0.3 is 14.6 Å². The second-order valence-electron chi connectivity index (χ2n) is 4.17. The Balaban J connectivity index is 2.08. The van der Waals surface area contributed by atoms with Crippen LogP contribution in [0.1, 0.15) is 20.4 Å². The molecule has 1 aromatic heterocycles. The van der Waals surface area contributed by atoms with Crippen LogP contribution in [0.4, 0.5) is 0 Å². The van der Waals surface area contributed by atoms with Crippen molar-refractivity contribution in [2.24, 2.45) is 0 Å². The van der Waals surface area contributed by atoms with Crippen molar-refractivity contribution in [2.75, 3.05) is 13.7 Å². The van der Waals surface area contributed by atoms with Gasteiger partial charge in [0.2, 0.25) is 0 Å². The highest BCUT2D eigenvalue weighted by Crippen LogP contribution is 2.22. The Morgan fingerprint density at radius 2 is 2.10 bits per heavy atom. The van der Waals surface area contributed by atoms with E-state index in [1.54, 1.807) is 31.4 Å². The van der Waals surface area contributed by atoms with Crippen LogP contribution < -0.4 is 4.74 Å². The fraction of sp³-hybridized carbons (Fsp3) is 0.286. The number of ether oxygens (including phenoxy) is 2. The quantitative estimate of drug-likeness (QED) is 0.845. The van der Waals surface area contributed by atoms with Crippen LogP contribution in [-0.2, 0) is 17.8 Å². The maximum absolute atomic E-state index is 11.2. The number of methoxy groups -OCH3 is 1. The van der Waals surface area contributed by atoms with Crippen LogP contribution in [0.3, 0.4) is 0 Å². The number of aromatic carboxylic acids is 1. The molecular formula is C14H14ClNO4S. The molecule has 0 aliphatic heterocycles. The van der Waals surface area contributed by atoms with E-state index < -0.39 is 5.97 Å². The summed E-state index contributed by atoms with van der Waals surface area (Å²) in [6, 6.07) is 6.86. The first-order valence-corrected chi connectivity index (χ1v) is 7.38. The second kappa shape index (κ2) is 7.40. The van der Waals surface area contributed by atoms with Gasteiger partial charge in [0, 0.05) is 18.6 Å². The highest BCUT2D eigenvalue weighted by Gasteiger charge is 2.17. The number of carboxylic acid groups (broad SMARTS) is 1. The largest absolute Gasteiger partial charge is 0.487 e. The van der Waals surface area contributed by atoms with Gasteiger partial charge in [-0.1, -0.05) is 11.6 Å². The van der Waals surface area contributed by atoms with Gasteiger partial charge in [-0.15, -0.1) is 11.3 Å². The topological polar surface area (TPSA) is 68.7 Å². The third-order valence-corrected chi connectivity index (χ3v) is 4.04. The molecular weight excluding hydrogens is 314 g/mol. The van der Waals surface area contributed by atoms with Crippen LogP contribution in [0, 0.1) is 0 Å². The van der Waals surface area contributed by atoms with Crippen LogP contribution >= 0.6 is 22.9 Å². The van der Waals surface area contributed by atoms with Crippen molar-refractivity contribution >= 4 is 28.9 Å². The number of rotatable bonds is 7. The third-order valence-electron chi connectivity index (χ3n) is 2.65. The van der Waals surface area contributed by atoms with E-state index in [0.717, 1.165) is 16.3 Å². The molecule has 0 radical (unpaired) electrons. The van der Waals surface area contributed by atoms with E-state index in [2.05, 4.69) is 4.98 Å². The number of carbonyl (C=O) groups is 1. The van der Waals surface area contributed by atoms with Gasteiger partial charge in [-0.3, -0.25) is 0 Å². The van der Waals surface area contributed by atoms with E-state index in [4.69, 9.17) is 21.1 Å². The third kappa shape index (κ3) is 4.42. The minimum atomic E-state index is -0.995. The standard InChI is InChI=1S/C14H14ClNO4S/c1-19-7-6-12-16-11(13(21-12)14(17)18)8-20-10-4-2-9(15)3-5-10/h2-5H,6-8H2,1H3,(H,17,18). The monoisotopic (exact) mass is 327 g/mol. The fourth-order valence-corrected chi connectivity index (χ4v) is 2.66. The molecule has 0 unspecified atom stereocenters. The normalized spacial score (nSPS) is 10.6. The van der Waals surface area contributed by atoms with Gasteiger partial charge in [0.1, 0.15) is 22.9 Å².